The monoisotopic (exact) mass is 557 g/mol. The van der Waals surface area contributed by atoms with Gasteiger partial charge in [-0.25, -0.2) is 14.8 Å². The normalized spacial score (nSPS) is 15.2. The largest absolute Gasteiger partial charge is 0.444 e. The van der Waals surface area contributed by atoms with Gasteiger partial charge in [-0.3, -0.25) is 9.69 Å². The summed E-state index contributed by atoms with van der Waals surface area (Å²) in [6, 6.07) is 11.1. The van der Waals surface area contributed by atoms with Crippen molar-refractivity contribution in [2.24, 2.45) is 0 Å². The van der Waals surface area contributed by atoms with Crippen LogP contribution in [0.5, 0.6) is 0 Å². The van der Waals surface area contributed by atoms with E-state index >= 15 is 0 Å². The van der Waals surface area contributed by atoms with Crippen molar-refractivity contribution >= 4 is 64.3 Å². The maximum atomic E-state index is 13.2. The van der Waals surface area contributed by atoms with Crippen LogP contribution in [0.4, 0.5) is 22.1 Å². The Morgan fingerprint density at radius 2 is 1.89 bits per heavy atom. The summed E-state index contributed by atoms with van der Waals surface area (Å²) in [5.74, 6) is 0.478. The fourth-order valence-electron chi connectivity index (χ4n) is 4.17. The minimum absolute atomic E-state index is 0.251. The van der Waals surface area contributed by atoms with Gasteiger partial charge in [-0.1, -0.05) is 47.1 Å². The number of aromatic nitrogens is 2. The van der Waals surface area contributed by atoms with Crippen molar-refractivity contribution in [1.82, 2.24) is 14.9 Å². The van der Waals surface area contributed by atoms with E-state index in [4.69, 9.17) is 27.9 Å². The molecule has 0 bridgehead atoms. The molecule has 2 aliphatic heterocycles. The van der Waals surface area contributed by atoms with Crippen LogP contribution in [0.15, 0.2) is 47.6 Å². The first-order valence-electron chi connectivity index (χ1n) is 11.7. The van der Waals surface area contributed by atoms with Crippen molar-refractivity contribution < 1.29 is 14.3 Å². The van der Waals surface area contributed by atoms with Gasteiger partial charge in [0.25, 0.3) is 5.91 Å². The molecule has 3 aromatic rings. The number of thioether (sulfide) groups is 1. The Morgan fingerprint density at radius 3 is 2.62 bits per heavy atom. The summed E-state index contributed by atoms with van der Waals surface area (Å²) < 4.78 is 5.51. The Hall–Kier alpha value is -3.01. The number of amides is 2. The Balaban J connectivity index is 1.29. The summed E-state index contributed by atoms with van der Waals surface area (Å²) in [6.45, 7) is 6.68. The molecular formula is C26H25Cl2N5O3S. The van der Waals surface area contributed by atoms with Crippen LogP contribution in [0.1, 0.15) is 42.3 Å². The van der Waals surface area contributed by atoms with Crippen molar-refractivity contribution in [3.8, 4) is 0 Å². The van der Waals surface area contributed by atoms with Crippen molar-refractivity contribution in [3.05, 3.63) is 69.3 Å². The van der Waals surface area contributed by atoms with Crippen LogP contribution < -0.4 is 10.2 Å². The van der Waals surface area contributed by atoms with Crippen LogP contribution in [-0.4, -0.2) is 44.9 Å². The van der Waals surface area contributed by atoms with Gasteiger partial charge in [0.15, 0.2) is 0 Å². The number of halogens is 2. The minimum atomic E-state index is -0.525. The number of benzene rings is 2. The molecule has 2 aliphatic rings. The molecule has 0 aliphatic carbocycles. The average molecular weight is 558 g/mol. The molecule has 0 fully saturated rings. The number of rotatable bonds is 3. The number of nitrogens with zero attached hydrogens (tertiary/aromatic N) is 4. The topological polar surface area (TPSA) is 87.7 Å². The highest BCUT2D eigenvalue weighted by Gasteiger charge is 2.31. The summed E-state index contributed by atoms with van der Waals surface area (Å²) in [6.07, 6.45) is 1.94. The van der Waals surface area contributed by atoms with E-state index in [2.05, 4.69) is 15.3 Å². The first-order valence-corrected chi connectivity index (χ1v) is 13.5. The number of hydrogen-bond donors (Lipinski definition) is 1. The van der Waals surface area contributed by atoms with E-state index in [1.807, 2.05) is 39.0 Å². The molecule has 2 aromatic carbocycles. The SMILES string of the molecule is CC(C)(C)OC(=O)N1CCc2cc(Nc3ncc4c(n3)SCN(c3c(Cl)cccc3Cl)C4=O)ccc2C1. The number of anilines is 3. The van der Waals surface area contributed by atoms with E-state index in [-0.39, 0.29) is 12.0 Å². The molecule has 5 rings (SSSR count). The first kappa shape index (κ1) is 25.6. The first-order chi connectivity index (χ1) is 17.6. The van der Waals surface area contributed by atoms with Gasteiger partial charge in [0.1, 0.15) is 10.6 Å². The summed E-state index contributed by atoms with van der Waals surface area (Å²) in [5.41, 5.74) is 3.41. The van der Waals surface area contributed by atoms with Crippen LogP contribution in [-0.2, 0) is 17.7 Å². The molecule has 0 saturated heterocycles. The van der Waals surface area contributed by atoms with E-state index in [9.17, 15) is 9.59 Å². The fraction of sp³-hybridized carbons (Fsp3) is 0.308. The van der Waals surface area contributed by atoms with E-state index < -0.39 is 5.60 Å². The second-order valence-electron chi connectivity index (χ2n) is 9.75. The van der Waals surface area contributed by atoms with Gasteiger partial charge in [0, 0.05) is 25.0 Å². The van der Waals surface area contributed by atoms with E-state index in [0.717, 1.165) is 23.2 Å². The fourth-order valence-corrected chi connectivity index (χ4v) is 5.71. The molecule has 1 N–H and O–H groups in total. The van der Waals surface area contributed by atoms with Crippen LogP contribution in [0, 0.1) is 0 Å². The minimum Gasteiger partial charge on any atom is -0.444 e. The van der Waals surface area contributed by atoms with Gasteiger partial charge in [0.2, 0.25) is 5.95 Å². The van der Waals surface area contributed by atoms with E-state index in [1.165, 1.54) is 22.9 Å². The summed E-state index contributed by atoms with van der Waals surface area (Å²) in [4.78, 5) is 37.8. The average Bonchev–Trinajstić information content (AvgIpc) is 2.84. The molecule has 0 unspecified atom stereocenters. The number of nitrogens with one attached hydrogen (secondary N) is 1. The zero-order valence-electron chi connectivity index (χ0n) is 20.5. The third-order valence-corrected chi connectivity index (χ3v) is 7.48. The molecule has 1 aromatic heterocycles. The second-order valence-corrected chi connectivity index (χ2v) is 11.5. The third-order valence-electron chi connectivity index (χ3n) is 5.89. The zero-order valence-corrected chi connectivity index (χ0v) is 22.9. The summed E-state index contributed by atoms with van der Waals surface area (Å²) >= 11 is 14.0. The van der Waals surface area contributed by atoms with Gasteiger partial charge in [-0.05, 0) is 62.6 Å². The number of carbonyl (C=O) groups excluding carboxylic acids is 2. The smallest absolute Gasteiger partial charge is 0.410 e. The second kappa shape index (κ2) is 10.0. The van der Waals surface area contributed by atoms with E-state index in [0.29, 0.717) is 51.2 Å². The molecule has 0 radical (unpaired) electrons. The Bertz CT molecular complexity index is 1370. The number of para-hydroxylation sites is 1. The van der Waals surface area contributed by atoms with E-state index in [1.54, 1.807) is 23.1 Å². The standard InChI is InChI=1S/C26H25Cl2N5O3S/c1-26(2,3)36-25(35)32-10-9-15-11-17(8-7-16(15)13-32)30-24-29-12-18-22(31-24)37-14-33(23(18)34)21-19(27)5-4-6-20(21)28/h4-8,11-12H,9-10,13-14H2,1-3H3,(H,29,30,31). The zero-order chi connectivity index (χ0) is 26.3. The van der Waals surface area contributed by atoms with Gasteiger partial charge >= 0.3 is 6.09 Å². The van der Waals surface area contributed by atoms with Crippen LogP contribution >= 0.6 is 35.0 Å². The maximum absolute atomic E-state index is 13.2. The highest BCUT2D eigenvalue weighted by molar-refractivity contribution is 7.99. The highest BCUT2D eigenvalue weighted by Crippen LogP contribution is 2.39. The van der Waals surface area contributed by atoms with Crippen molar-refractivity contribution in [3.63, 3.8) is 0 Å². The van der Waals surface area contributed by atoms with Crippen molar-refractivity contribution in [2.45, 2.75) is 44.4 Å². The molecule has 37 heavy (non-hydrogen) atoms. The van der Waals surface area contributed by atoms with Gasteiger partial charge in [0.05, 0.1) is 27.2 Å². The quantitative estimate of drug-likeness (QED) is 0.366. The Morgan fingerprint density at radius 1 is 1.14 bits per heavy atom. The number of fused-ring (bicyclic) bond motifs is 2. The van der Waals surface area contributed by atoms with Gasteiger partial charge in [-0.2, -0.15) is 0 Å². The third kappa shape index (κ3) is 5.49. The van der Waals surface area contributed by atoms with Crippen LogP contribution in [0.2, 0.25) is 10.0 Å². The lowest BCUT2D eigenvalue weighted by molar-refractivity contribution is 0.0224. The lowest BCUT2D eigenvalue weighted by Crippen LogP contribution is -2.39. The van der Waals surface area contributed by atoms with Crippen molar-refractivity contribution in [2.75, 3.05) is 22.6 Å². The molecule has 3 heterocycles. The predicted octanol–water partition coefficient (Wildman–Crippen LogP) is 6.53. The van der Waals surface area contributed by atoms with Gasteiger partial charge in [-0.15, -0.1) is 0 Å². The molecule has 2 amide bonds. The summed E-state index contributed by atoms with van der Waals surface area (Å²) in [7, 11) is 0. The molecule has 11 heteroatoms. The van der Waals surface area contributed by atoms with Gasteiger partial charge < -0.3 is 15.0 Å². The predicted molar refractivity (Wildman–Crippen MR) is 146 cm³/mol. The lowest BCUT2D eigenvalue weighted by Gasteiger charge is -2.31. The molecule has 8 nitrogen and oxygen atoms in total. The molecular weight excluding hydrogens is 533 g/mol. The number of hydrogen-bond acceptors (Lipinski definition) is 7. The van der Waals surface area contributed by atoms with Crippen LogP contribution in [0.25, 0.3) is 0 Å². The van der Waals surface area contributed by atoms with Crippen molar-refractivity contribution in [1.29, 1.82) is 0 Å². The lowest BCUT2D eigenvalue weighted by atomic mass is 9.99. The Kier molecular flexibility index (Phi) is 6.95. The molecule has 0 saturated carbocycles. The Labute approximate surface area is 229 Å². The molecule has 192 valence electrons. The number of ether oxygens (including phenoxy) is 1. The maximum Gasteiger partial charge on any atom is 0.410 e. The highest BCUT2D eigenvalue weighted by atomic mass is 35.5. The molecule has 0 atom stereocenters. The van der Waals surface area contributed by atoms with Crippen LogP contribution in [0.3, 0.4) is 0 Å². The molecule has 0 spiro atoms. The summed E-state index contributed by atoms with van der Waals surface area (Å²) in [5, 5.41) is 4.64. The number of carbonyl (C=O) groups is 2.